The highest BCUT2D eigenvalue weighted by atomic mass is 19.1. The van der Waals surface area contributed by atoms with Gasteiger partial charge < -0.3 is 4.90 Å². The molecule has 1 amide bonds. The second-order valence-corrected chi connectivity index (χ2v) is 10.4. The number of aryl methyl sites for hydroxylation is 1. The number of hydrogen-bond donors (Lipinski definition) is 0. The number of para-hydroxylation sites is 1. The molecule has 2 aliphatic heterocycles. The van der Waals surface area contributed by atoms with Crippen molar-refractivity contribution in [1.82, 2.24) is 14.7 Å². The first-order valence-electron chi connectivity index (χ1n) is 12.4. The number of carbonyl (C=O) groups excluding carboxylic acids is 1. The van der Waals surface area contributed by atoms with Crippen molar-refractivity contribution in [2.75, 3.05) is 18.0 Å². The molecule has 3 atom stereocenters. The van der Waals surface area contributed by atoms with Crippen molar-refractivity contribution in [2.24, 2.45) is 13.0 Å². The van der Waals surface area contributed by atoms with E-state index < -0.39 is 5.41 Å². The first-order chi connectivity index (χ1) is 16.5. The number of amides is 1. The van der Waals surface area contributed by atoms with Gasteiger partial charge in [0.05, 0.1) is 18.2 Å². The van der Waals surface area contributed by atoms with Gasteiger partial charge in [-0.15, -0.1) is 0 Å². The highest BCUT2D eigenvalue weighted by molar-refractivity contribution is 6.08. The number of halogens is 1. The summed E-state index contributed by atoms with van der Waals surface area (Å²) in [6.07, 6.45) is 8.22. The van der Waals surface area contributed by atoms with E-state index in [-0.39, 0.29) is 18.3 Å². The lowest BCUT2D eigenvalue weighted by Crippen LogP contribution is -2.44. The van der Waals surface area contributed by atoms with Crippen molar-refractivity contribution in [3.05, 3.63) is 71.8 Å². The molecule has 1 spiro atoms. The maximum atomic E-state index is 15.2. The fourth-order valence-electron chi connectivity index (χ4n) is 6.53. The molecule has 2 aromatic carbocycles. The third-order valence-corrected chi connectivity index (χ3v) is 8.37. The number of aromatic nitrogens is 2. The van der Waals surface area contributed by atoms with Gasteiger partial charge in [0.2, 0.25) is 5.91 Å². The average molecular weight is 459 g/mol. The standard InChI is InChI=1S/C28H31FN4O/c1-19-6-5-9-25(19)32-13-12-28(18-32)23-7-3-4-8-26(23)33(27(28)34)17-21-11-10-20(14-24(21)29)22-15-30-31(2)16-22/h3-4,7-8,10-11,14-16,19,25H,5-6,9,12-13,17-18H2,1-2H3. The summed E-state index contributed by atoms with van der Waals surface area (Å²) in [5.41, 5.74) is 3.74. The number of hydrogen-bond acceptors (Lipinski definition) is 3. The largest absolute Gasteiger partial charge is 0.307 e. The van der Waals surface area contributed by atoms with Crippen LogP contribution in [0.25, 0.3) is 11.1 Å². The first-order valence-corrected chi connectivity index (χ1v) is 12.4. The smallest absolute Gasteiger partial charge is 0.239 e. The predicted octanol–water partition coefficient (Wildman–Crippen LogP) is 4.91. The Kier molecular flexibility index (Phi) is 5.10. The second kappa shape index (κ2) is 8.05. The Morgan fingerprint density at radius 3 is 2.74 bits per heavy atom. The van der Waals surface area contributed by atoms with Crippen molar-refractivity contribution in [3.8, 4) is 11.1 Å². The third-order valence-electron chi connectivity index (χ3n) is 8.37. The molecule has 0 radical (unpaired) electrons. The zero-order valence-electron chi connectivity index (χ0n) is 19.9. The number of likely N-dealkylation sites (tertiary alicyclic amines) is 1. The molecule has 2 fully saturated rings. The van der Waals surface area contributed by atoms with Crippen LogP contribution in [0.4, 0.5) is 10.1 Å². The van der Waals surface area contributed by atoms with Crippen LogP contribution in [0, 0.1) is 11.7 Å². The van der Waals surface area contributed by atoms with Gasteiger partial charge in [-0.3, -0.25) is 14.4 Å². The molecule has 1 saturated heterocycles. The van der Waals surface area contributed by atoms with Crippen LogP contribution < -0.4 is 4.90 Å². The Balaban J connectivity index is 1.29. The molecule has 34 heavy (non-hydrogen) atoms. The van der Waals surface area contributed by atoms with Crippen LogP contribution in [0.1, 0.15) is 43.7 Å². The molecule has 3 unspecified atom stereocenters. The zero-order valence-corrected chi connectivity index (χ0v) is 19.9. The summed E-state index contributed by atoms with van der Waals surface area (Å²) in [6.45, 7) is 4.32. The number of rotatable bonds is 4. The van der Waals surface area contributed by atoms with Gasteiger partial charge in [0.15, 0.2) is 0 Å². The van der Waals surface area contributed by atoms with Gasteiger partial charge in [0.1, 0.15) is 5.82 Å². The molecule has 176 valence electrons. The van der Waals surface area contributed by atoms with E-state index in [1.165, 1.54) is 19.3 Å². The van der Waals surface area contributed by atoms with Crippen molar-refractivity contribution in [1.29, 1.82) is 0 Å². The van der Waals surface area contributed by atoms with Gasteiger partial charge in [0.25, 0.3) is 0 Å². The van der Waals surface area contributed by atoms with E-state index in [1.807, 2.05) is 42.4 Å². The lowest BCUT2D eigenvalue weighted by atomic mass is 9.81. The first kappa shape index (κ1) is 21.5. The van der Waals surface area contributed by atoms with Crippen molar-refractivity contribution in [2.45, 2.75) is 50.6 Å². The van der Waals surface area contributed by atoms with Crippen LogP contribution in [0.3, 0.4) is 0 Å². The number of nitrogens with zero attached hydrogens (tertiary/aromatic N) is 4. The van der Waals surface area contributed by atoms with E-state index in [4.69, 9.17) is 0 Å². The molecule has 0 N–H and O–H groups in total. The van der Waals surface area contributed by atoms with Crippen LogP contribution >= 0.6 is 0 Å². The lowest BCUT2D eigenvalue weighted by molar-refractivity contribution is -0.123. The zero-order chi connectivity index (χ0) is 23.4. The molecule has 1 aliphatic carbocycles. The number of anilines is 1. The maximum absolute atomic E-state index is 15.2. The summed E-state index contributed by atoms with van der Waals surface area (Å²) in [4.78, 5) is 18.4. The Hall–Kier alpha value is -2.99. The van der Waals surface area contributed by atoms with Crippen LogP contribution in [0.5, 0.6) is 0 Å². The monoisotopic (exact) mass is 458 g/mol. The average Bonchev–Trinajstić information content (AvgIpc) is 3.61. The van der Waals surface area contributed by atoms with Gasteiger partial charge in [-0.1, -0.05) is 43.7 Å². The van der Waals surface area contributed by atoms with E-state index in [1.54, 1.807) is 23.0 Å². The Morgan fingerprint density at radius 1 is 1.15 bits per heavy atom. The second-order valence-electron chi connectivity index (χ2n) is 10.4. The van der Waals surface area contributed by atoms with Crippen LogP contribution in [-0.4, -0.2) is 39.7 Å². The summed E-state index contributed by atoms with van der Waals surface area (Å²) in [6, 6.07) is 14.0. The fourth-order valence-corrected chi connectivity index (χ4v) is 6.53. The predicted molar refractivity (Wildman–Crippen MR) is 131 cm³/mol. The molecule has 5 nitrogen and oxygen atoms in total. The lowest BCUT2D eigenvalue weighted by Gasteiger charge is -2.30. The normalized spacial score (nSPS) is 26.7. The number of fused-ring (bicyclic) bond motifs is 2. The molecule has 6 rings (SSSR count). The summed E-state index contributed by atoms with van der Waals surface area (Å²) in [5.74, 6) is 0.517. The molecular weight excluding hydrogens is 427 g/mol. The maximum Gasteiger partial charge on any atom is 0.239 e. The van der Waals surface area contributed by atoms with Crippen molar-refractivity contribution < 1.29 is 9.18 Å². The van der Waals surface area contributed by atoms with Crippen molar-refractivity contribution >= 4 is 11.6 Å². The van der Waals surface area contributed by atoms with Crippen LogP contribution in [0.2, 0.25) is 0 Å². The number of benzene rings is 2. The van der Waals surface area contributed by atoms with Gasteiger partial charge in [0, 0.05) is 42.6 Å². The van der Waals surface area contributed by atoms with Gasteiger partial charge >= 0.3 is 0 Å². The summed E-state index contributed by atoms with van der Waals surface area (Å²) in [5, 5.41) is 4.18. The van der Waals surface area contributed by atoms with E-state index in [9.17, 15) is 4.79 Å². The molecule has 1 saturated carbocycles. The van der Waals surface area contributed by atoms with Crippen LogP contribution in [-0.2, 0) is 23.8 Å². The Labute approximate surface area is 200 Å². The topological polar surface area (TPSA) is 41.4 Å². The fraction of sp³-hybridized carbons (Fsp3) is 0.429. The summed E-state index contributed by atoms with van der Waals surface area (Å²) in [7, 11) is 1.85. The highest BCUT2D eigenvalue weighted by Gasteiger charge is 2.55. The minimum atomic E-state index is -0.509. The number of carbonyl (C=O) groups is 1. The minimum absolute atomic E-state index is 0.123. The van der Waals surface area contributed by atoms with Crippen molar-refractivity contribution in [3.63, 3.8) is 0 Å². The van der Waals surface area contributed by atoms with E-state index in [0.717, 1.165) is 41.9 Å². The third kappa shape index (κ3) is 3.30. The minimum Gasteiger partial charge on any atom is -0.307 e. The molecule has 0 bridgehead atoms. The van der Waals surface area contributed by atoms with Crippen LogP contribution in [0.15, 0.2) is 54.9 Å². The van der Waals surface area contributed by atoms with E-state index in [0.29, 0.717) is 17.5 Å². The SMILES string of the molecule is CC1CCCC1N1CCC2(C1)C(=O)N(Cc1ccc(-c3cnn(C)c3)cc1F)c1ccccc12. The Bertz CT molecular complexity index is 1250. The van der Waals surface area contributed by atoms with E-state index >= 15 is 4.39 Å². The highest BCUT2D eigenvalue weighted by Crippen LogP contribution is 2.49. The molecule has 6 heteroatoms. The molecule has 3 aliphatic rings. The molecular formula is C28H31FN4O. The molecule has 3 heterocycles. The van der Waals surface area contributed by atoms with Gasteiger partial charge in [-0.05, 0) is 55.0 Å². The quantitative estimate of drug-likeness (QED) is 0.558. The molecule has 1 aromatic heterocycles. The molecule has 3 aromatic rings. The van der Waals surface area contributed by atoms with E-state index in [2.05, 4.69) is 23.0 Å². The van der Waals surface area contributed by atoms with Gasteiger partial charge in [-0.25, -0.2) is 4.39 Å². The van der Waals surface area contributed by atoms with Gasteiger partial charge in [-0.2, -0.15) is 5.10 Å². The summed E-state index contributed by atoms with van der Waals surface area (Å²) >= 11 is 0. The Morgan fingerprint density at radius 2 is 2.00 bits per heavy atom. The summed E-state index contributed by atoms with van der Waals surface area (Å²) < 4.78 is 16.9.